The number of methoxy groups -OCH3 is 1. The largest absolute Gasteiger partial charge is 0.507 e. The van der Waals surface area contributed by atoms with Crippen molar-refractivity contribution in [3.05, 3.63) is 46.1 Å². The SMILES string of the molecule is COc1cc(-c2cc(=O)c3c(O)cc(O)c([C@@H]4O[C@H](CO)[C@@H](O)[C@H](O)[C@H]4O[C@@H]4O[C@H](CO)[C@@H](O)[C@H](O)[C@H]4O)c3o2)ccc1O. The summed E-state index contributed by atoms with van der Waals surface area (Å²) in [5.74, 6) is -1.70. The van der Waals surface area contributed by atoms with Crippen LogP contribution in [0.1, 0.15) is 11.7 Å². The quantitative estimate of drug-likeness (QED) is 0.135. The molecule has 0 aliphatic carbocycles. The van der Waals surface area contributed by atoms with E-state index < -0.39 is 102 Å². The Bertz CT molecular complexity index is 1550. The molecule has 5 rings (SSSR count). The number of aromatic hydroxyl groups is 3. The number of hydrogen-bond acceptors (Lipinski definition) is 16. The predicted octanol–water partition coefficient (Wildman–Crippen LogP) is -2.08. The molecule has 0 radical (unpaired) electrons. The highest BCUT2D eigenvalue weighted by Gasteiger charge is 2.52. The fourth-order valence-electron chi connectivity index (χ4n) is 5.38. The zero-order valence-corrected chi connectivity index (χ0v) is 23.0. The smallest absolute Gasteiger partial charge is 0.197 e. The molecule has 10 N–H and O–H groups in total. The summed E-state index contributed by atoms with van der Waals surface area (Å²) in [4.78, 5) is 13.3. The number of hydrogen-bond donors (Lipinski definition) is 10. The number of rotatable bonds is 7. The number of aliphatic hydroxyl groups excluding tert-OH is 7. The van der Waals surface area contributed by atoms with E-state index in [0.717, 1.165) is 12.1 Å². The summed E-state index contributed by atoms with van der Waals surface area (Å²) in [7, 11) is 1.30. The van der Waals surface area contributed by atoms with Crippen LogP contribution in [0.3, 0.4) is 0 Å². The summed E-state index contributed by atoms with van der Waals surface area (Å²) in [6.07, 6.45) is -17.5. The number of aliphatic hydroxyl groups is 7. The molecule has 10 atom stereocenters. The van der Waals surface area contributed by atoms with Gasteiger partial charge in [-0.2, -0.15) is 0 Å². The second kappa shape index (κ2) is 12.4. The first kappa shape index (κ1) is 31.9. The molecule has 2 fully saturated rings. The molecule has 16 nitrogen and oxygen atoms in total. The van der Waals surface area contributed by atoms with E-state index in [-0.39, 0.29) is 28.4 Å². The lowest BCUT2D eigenvalue weighted by Crippen LogP contribution is -2.62. The Morgan fingerprint density at radius 3 is 2.09 bits per heavy atom. The molecule has 0 unspecified atom stereocenters. The minimum Gasteiger partial charge on any atom is -0.507 e. The summed E-state index contributed by atoms with van der Waals surface area (Å²) in [6, 6.07) is 5.86. The Morgan fingerprint density at radius 2 is 1.43 bits per heavy atom. The monoisotopic (exact) mass is 624 g/mol. The van der Waals surface area contributed by atoms with Crippen molar-refractivity contribution < 1.29 is 74.4 Å². The van der Waals surface area contributed by atoms with E-state index in [9.17, 15) is 55.9 Å². The molecule has 0 bridgehead atoms. The van der Waals surface area contributed by atoms with Gasteiger partial charge >= 0.3 is 0 Å². The standard InChI is InChI=1S/C28H32O16/c1-40-15-4-9(2-3-10(15)31)14-6-13(34)18-11(32)5-12(33)19(25(18)41-14)26-27(23(38)21(36)16(7-29)42-26)44-28-24(39)22(37)20(35)17(8-30)43-28/h2-6,16-17,20-24,26-33,35-39H,7-8H2,1H3/t16-,17-,20-,21-,22+,23+,24-,26+,27-,28+/m1/s1. The van der Waals surface area contributed by atoms with E-state index in [1.807, 2.05) is 0 Å². The molecule has 3 heterocycles. The van der Waals surface area contributed by atoms with Crippen LogP contribution in [-0.4, -0.2) is 127 Å². The van der Waals surface area contributed by atoms with Crippen LogP contribution >= 0.6 is 0 Å². The highest BCUT2D eigenvalue weighted by Crippen LogP contribution is 2.45. The summed E-state index contributed by atoms with van der Waals surface area (Å²) < 4.78 is 28.0. The maximum atomic E-state index is 13.3. The highest BCUT2D eigenvalue weighted by molar-refractivity contribution is 5.89. The van der Waals surface area contributed by atoms with Gasteiger partial charge in [-0.1, -0.05) is 0 Å². The first-order valence-electron chi connectivity index (χ1n) is 13.4. The number of benzene rings is 2. The number of phenols is 3. The third-order valence-electron chi connectivity index (χ3n) is 7.75. The van der Waals surface area contributed by atoms with Crippen molar-refractivity contribution in [2.45, 2.75) is 61.2 Å². The maximum Gasteiger partial charge on any atom is 0.197 e. The second-order valence-electron chi connectivity index (χ2n) is 10.5. The van der Waals surface area contributed by atoms with Gasteiger partial charge in [0.2, 0.25) is 0 Å². The van der Waals surface area contributed by atoms with Crippen LogP contribution in [0.5, 0.6) is 23.0 Å². The van der Waals surface area contributed by atoms with Crippen LogP contribution < -0.4 is 10.2 Å². The lowest BCUT2D eigenvalue weighted by atomic mass is 9.89. The van der Waals surface area contributed by atoms with Crippen LogP contribution in [0.15, 0.2) is 39.5 Å². The number of phenolic OH excluding ortho intramolecular Hbond substituents is 3. The van der Waals surface area contributed by atoms with Crippen molar-refractivity contribution in [2.24, 2.45) is 0 Å². The van der Waals surface area contributed by atoms with Gasteiger partial charge in [0.15, 0.2) is 28.8 Å². The molecule has 0 spiro atoms. The zero-order chi connectivity index (χ0) is 32.0. The Labute approximate surface area is 247 Å². The van der Waals surface area contributed by atoms with Crippen molar-refractivity contribution >= 4 is 11.0 Å². The Kier molecular flexibility index (Phi) is 9.01. The summed E-state index contributed by atoms with van der Waals surface area (Å²) in [5.41, 5.74) is -1.39. The third-order valence-corrected chi connectivity index (χ3v) is 7.75. The molecule has 0 saturated carbocycles. The first-order chi connectivity index (χ1) is 20.9. The minimum atomic E-state index is -1.94. The summed E-state index contributed by atoms with van der Waals surface area (Å²) >= 11 is 0. The van der Waals surface area contributed by atoms with Crippen molar-refractivity contribution in [3.63, 3.8) is 0 Å². The van der Waals surface area contributed by atoms with Crippen molar-refractivity contribution in [1.82, 2.24) is 0 Å². The molecule has 0 amide bonds. The fraction of sp³-hybridized carbons (Fsp3) is 0.464. The molecular formula is C28H32O16. The van der Waals surface area contributed by atoms with Gasteiger partial charge in [-0.05, 0) is 18.2 Å². The van der Waals surface area contributed by atoms with Gasteiger partial charge in [0, 0.05) is 17.7 Å². The van der Waals surface area contributed by atoms with E-state index >= 15 is 0 Å². The molecule has 2 saturated heterocycles. The van der Waals surface area contributed by atoms with E-state index in [2.05, 4.69) is 0 Å². The van der Waals surface area contributed by atoms with Crippen LogP contribution in [-0.2, 0) is 14.2 Å². The third kappa shape index (κ3) is 5.45. The molecule has 2 aliphatic heterocycles. The van der Waals surface area contributed by atoms with Gasteiger partial charge in [0.1, 0.15) is 77.6 Å². The molecule has 2 aromatic carbocycles. The van der Waals surface area contributed by atoms with E-state index in [4.69, 9.17) is 23.4 Å². The van der Waals surface area contributed by atoms with E-state index in [1.54, 1.807) is 0 Å². The highest BCUT2D eigenvalue weighted by atomic mass is 16.7. The Morgan fingerprint density at radius 1 is 0.773 bits per heavy atom. The van der Waals surface area contributed by atoms with Crippen LogP contribution in [0, 0.1) is 0 Å². The molecule has 240 valence electrons. The average Bonchev–Trinajstić information content (AvgIpc) is 3.00. The molecule has 1 aromatic heterocycles. The van der Waals surface area contributed by atoms with E-state index in [0.29, 0.717) is 0 Å². The molecule has 16 heteroatoms. The Balaban J connectivity index is 1.67. The minimum absolute atomic E-state index is 0.0377. The van der Waals surface area contributed by atoms with Crippen molar-refractivity contribution in [2.75, 3.05) is 20.3 Å². The zero-order valence-electron chi connectivity index (χ0n) is 23.0. The Hall–Kier alpha value is -3.55. The van der Waals surface area contributed by atoms with Gasteiger partial charge in [-0.15, -0.1) is 0 Å². The van der Waals surface area contributed by atoms with E-state index in [1.165, 1.54) is 25.3 Å². The number of fused-ring (bicyclic) bond motifs is 1. The summed E-state index contributed by atoms with van der Waals surface area (Å²) in [5, 5.41) is 103. The van der Waals surface area contributed by atoms with Gasteiger partial charge in [0.25, 0.3) is 0 Å². The lowest BCUT2D eigenvalue weighted by Gasteiger charge is -2.46. The lowest BCUT2D eigenvalue weighted by molar-refractivity contribution is -0.342. The van der Waals surface area contributed by atoms with Gasteiger partial charge in [-0.25, -0.2) is 0 Å². The second-order valence-corrected chi connectivity index (χ2v) is 10.5. The molecule has 44 heavy (non-hydrogen) atoms. The molecular weight excluding hydrogens is 592 g/mol. The van der Waals surface area contributed by atoms with Gasteiger partial charge < -0.3 is 74.4 Å². The normalized spacial score (nSPS) is 32.5. The van der Waals surface area contributed by atoms with Crippen LogP contribution in [0.4, 0.5) is 0 Å². The fourth-order valence-corrected chi connectivity index (χ4v) is 5.38. The van der Waals surface area contributed by atoms with Crippen LogP contribution in [0.2, 0.25) is 0 Å². The molecule has 3 aromatic rings. The average molecular weight is 625 g/mol. The van der Waals surface area contributed by atoms with Gasteiger partial charge in [-0.3, -0.25) is 4.79 Å². The predicted molar refractivity (Wildman–Crippen MR) is 145 cm³/mol. The van der Waals surface area contributed by atoms with Crippen LogP contribution in [0.25, 0.3) is 22.3 Å². The first-order valence-corrected chi connectivity index (χ1v) is 13.4. The number of ether oxygens (including phenoxy) is 4. The van der Waals surface area contributed by atoms with Crippen molar-refractivity contribution in [3.8, 4) is 34.3 Å². The summed E-state index contributed by atoms with van der Waals surface area (Å²) in [6.45, 7) is -1.63. The van der Waals surface area contributed by atoms with Gasteiger partial charge in [0.05, 0.1) is 25.9 Å². The maximum absolute atomic E-state index is 13.3. The topological polar surface area (TPSA) is 269 Å². The molecule has 2 aliphatic rings. The van der Waals surface area contributed by atoms with Crippen molar-refractivity contribution in [1.29, 1.82) is 0 Å².